The van der Waals surface area contributed by atoms with Gasteiger partial charge >= 0.3 is 5.97 Å². The quantitative estimate of drug-likeness (QED) is 0.586. The zero-order valence-electron chi connectivity index (χ0n) is 16.4. The Balaban J connectivity index is 1.77. The first-order chi connectivity index (χ1) is 14.4. The molecule has 156 valence electrons. The van der Waals surface area contributed by atoms with Gasteiger partial charge in [0.15, 0.2) is 18.1 Å². The Hall–Kier alpha value is -3.95. The van der Waals surface area contributed by atoms with E-state index >= 15 is 0 Å². The number of carbonyl (C=O) groups excluding carboxylic acids is 2. The summed E-state index contributed by atoms with van der Waals surface area (Å²) in [6, 6.07) is 8.36. The highest BCUT2D eigenvalue weighted by Gasteiger charge is 2.20. The first-order valence-corrected chi connectivity index (χ1v) is 8.70. The van der Waals surface area contributed by atoms with Crippen molar-refractivity contribution in [3.05, 3.63) is 53.6 Å². The molecule has 1 aromatic heterocycles. The van der Waals surface area contributed by atoms with Gasteiger partial charge in [0.05, 0.1) is 25.5 Å². The third-order valence-electron chi connectivity index (χ3n) is 3.95. The summed E-state index contributed by atoms with van der Waals surface area (Å²) in [6.07, 6.45) is 0. The molecule has 2 aromatic carbocycles. The van der Waals surface area contributed by atoms with Crippen molar-refractivity contribution in [2.24, 2.45) is 0 Å². The summed E-state index contributed by atoms with van der Waals surface area (Å²) in [6.45, 7) is 1.03. The van der Waals surface area contributed by atoms with Crippen LogP contribution >= 0.6 is 0 Å². The Labute approximate surface area is 170 Å². The van der Waals surface area contributed by atoms with Crippen LogP contribution in [0.1, 0.15) is 23.1 Å². The van der Waals surface area contributed by atoms with Crippen molar-refractivity contribution in [1.82, 2.24) is 10.1 Å². The lowest BCUT2D eigenvalue weighted by Gasteiger charge is -2.14. The molecule has 0 bridgehead atoms. The number of hydrogen-bond acceptors (Lipinski definition) is 8. The van der Waals surface area contributed by atoms with Gasteiger partial charge in [0.2, 0.25) is 11.7 Å². The molecule has 30 heavy (non-hydrogen) atoms. The number of anilines is 1. The molecular formula is C20H18FN3O6. The van der Waals surface area contributed by atoms with Crippen LogP contribution in [0.5, 0.6) is 11.5 Å². The zero-order valence-corrected chi connectivity index (χ0v) is 16.4. The summed E-state index contributed by atoms with van der Waals surface area (Å²) in [4.78, 5) is 28.2. The molecule has 0 saturated heterocycles. The van der Waals surface area contributed by atoms with Crippen molar-refractivity contribution in [2.75, 3.05) is 19.5 Å². The molecule has 0 aliphatic carbocycles. The normalized spacial score (nSPS) is 10.4. The van der Waals surface area contributed by atoms with E-state index in [1.165, 1.54) is 57.5 Å². The van der Waals surface area contributed by atoms with Crippen LogP contribution in [-0.2, 0) is 16.1 Å². The molecule has 0 radical (unpaired) electrons. The number of esters is 1. The number of halogens is 1. The molecule has 3 rings (SSSR count). The fourth-order valence-corrected chi connectivity index (χ4v) is 2.57. The summed E-state index contributed by atoms with van der Waals surface area (Å²) in [5.74, 6) is -0.615. The SMILES string of the molecule is COc1cc(NC(C)=O)c(C(=O)OCc2noc(-c3ccc(F)cc3)n2)cc1OC. The maximum Gasteiger partial charge on any atom is 0.340 e. The van der Waals surface area contributed by atoms with Crippen molar-refractivity contribution < 1.29 is 32.7 Å². The van der Waals surface area contributed by atoms with Crippen LogP contribution in [0.15, 0.2) is 40.9 Å². The van der Waals surface area contributed by atoms with Crippen LogP contribution in [-0.4, -0.2) is 36.2 Å². The summed E-state index contributed by atoms with van der Waals surface area (Å²) in [5, 5.41) is 6.29. The zero-order chi connectivity index (χ0) is 21.7. The average Bonchev–Trinajstić information content (AvgIpc) is 3.20. The van der Waals surface area contributed by atoms with Gasteiger partial charge in [-0.1, -0.05) is 5.16 Å². The van der Waals surface area contributed by atoms with Gasteiger partial charge in [0.1, 0.15) is 5.82 Å². The lowest BCUT2D eigenvalue weighted by molar-refractivity contribution is -0.114. The number of carbonyl (C=O) groups is 2. The van der Waals surface area contributed by atoms with E-state index in [-0.39, 0.29) is 41.2 Å². The first kappa shape index (κ1) is 20.8. The van der Waals surface area contributed by atoms with Crippen LogP contribution in [0.25, 0.3) is 11.5 Å². The van der Waals surface area contributed by atoms with Gasteiger partial charge in [-0.15, -0.1) is 0 Å². The number of methoxy groups -OCH3 is 2. The topological polar surface area (TPSA) is 113 Å². The van der Waals surface area contributed by atoms with Gasteiger partial charge in [-0.2, -0.15) is 4.98 Å². The van der Waals surface area contributed by atoms with Crippen LogP contribution in [0.3, 0.4) is 0 Å². The third kappa shape index (κ3) is 4.72. The molecule has 9 nitrogen and oxygen atoms in total. The lowest BCUT2D eigenvalue weighted by atomic mass is 10.1. The smallest absolute Gasteiger partial charge is 0.340 e. The Morgan fingerprint density at radius 3 is 2.40 bits per heavy atom. The summed E-state index contributed by atoms with van der Waals surface area (Å²) < 4.78 is 33.8. The van der Waals surface area contributed by atoms with E-state index in [4.69, 9.17) is 18.7 Å². The molecule has 0 atom stereocenters. The maximum atomic E-state index is 13.0. The van der Waals surface area contributed by atoms with E-state index in [2.05, 4.69) is 15.5 Å². The van der Waals surface area contributed by atoms with E-state index in [1.54, 1.807) is 0 Å². The van der Waals surface area contributed by atoms with Crippen LogP contribution in [0.4, 0.5) is 10.1 Å². The molecule has 0 aliphatic heterocycles. The first-order valence-electron chi connectivity index (χ1n) is 8.70. The molecule has 0 spiro atoms. The average molecular weight is 415 g/mol. The second-order valence-corrected chi connectivity index (χ2v) is 6.03. The van der Waals surface area contributed by atoms with Crippen LogP contribution in [0.2, 0.25) is 0 Å². The number of rotatable bonds is 7. The van der Waals surface area contributed by atoms with Crippen molar-refractivity contribution >= 4 is 17.6 Å². The van der Waals surface area contributed by atoms with Crippen molar-refractivity contribution in [3.63, 3.8) is 0 Å². The van der Waals surface area contributed by atoms with E-state index in [0.717, 1.165) is 0 Å². The van der Waals surface area contributed by atoms with E-state index in [9.17, 15) is 14.0 Å². The Kier molecular flexibility index (Phi) is 6.26. The molecule has 10 heteroatoms. The van der Waals surface area contributed by atoms with E-state index in [1.807, 2.05) is 0 Å². The minimum Gasteiger partial charge on any atom is -0.493 e. The number of amides is 1. The van der Waals surface area contributed by atoms with Crippen LogP contribution < -0.4 is 14.8 Å². The van der Waals surface area contributed by atoms with E-state index < -0.39 is 11.8 Å². The van der Waals surface area contributed by atoms with Gasteiger partial charge in [-0.05, 0) is 24.3 Å². The van der Waals surface area contributed by atoms with Crippen molar-refractivity contribution in [2.45, 2.75) is 13.5 Å². The van der Waals surface area contributed by atoms with Gasteiger partial charge in [-0.25, -0.2) is 9.18 Å². The molecule has 0 fully saturated rings. The molecule has 3 aromatic rings. The highest BCUT2D eigenvalue weighted by Crippen LogP contribution is 2.34. The Bertz CT molecular complexity index is 1060. The summed E-state index contributed by atoms with van der Waals surface area (Å²) in [7, 11) is 2.85. The number of ether oxygens (including phenoxy) is 3. The van der Waals surface area contributed by atoms with Gasteiger partial charge < -0.3 is 24.1 Å². The number of aromatic nitrogens is 2. The fourth-order valence-electron chi connectivity index (χ4n) is 2.57. The standard InChI is InChI=1S/C20H18FN3O6/c1-11(25)22-15-9-17(28-3)16(27-2)8-14(15)20(26)29-10-18-23-19(30-24-18)12-4-6-13(21)7-5-12/h4-9H,10H2,1-3H3,(H,22,25). The Morgan fingerprint density at radius 1 is 1.10 bits per heavy atom. The summed E-state index contributed by atoms with van der Waals surface area (Å²) in [5.41, 5.74) is 0.782. The molecule has 1 N–H and O–H groups in total. The van der Waals surface area contributed by atoms with Gasteiger partial charge in [0, 0.05) is 24.6 Å². The summed E-state index contributed by atoms with van der Waals surface area (Å²) >= 11 is 0. The maximum absolute atomic E-state index is 13.0. The van der Waals surface area contributed by atoms with E-state index in [0.29, 0.717) is 11.3 Å². The molecule has 0 saturated carbocycles. The molecular weight excluding hydrogens is 397 g/mol. The number of hydrogen-bond donors (Lipinski definition) is 1. The van der Waals surface area contributed by atoms with Gasteiger partial charge in [0.25, 0.3) is 5.89 Å². The second-order valence-electron chi connectivity index (χ2n) is 6.03. The van der Waals surface area contributed by atoms with Gasteiger partial charge in [-0.3, -0.25) is 4.79 Å². The molecule has 0 aliphatic rings. The largest absolute Gasteiger partial charge is 0.493 e. The van der Waals surface area contributed by atoms with Crippen molar-refractivity contribution in [1.29, 1.82) is 0 Å². The van der Waals surface area contributed by atoms with Crippen LogP contribution in [0, 0.1) is 5.82 Å². The number of nitrogens with zero attached hydrogens (tertiary/aromatic N) is 2. The fraction of sp³-hybridized carbons (Fsp3) is 0.200. The van der Waals surface area contributed by atoms with Crippen molar-refractivity contribution in [3.8, 4) is 23.0 Å². The molecule has 1 amide bonds. The molecule has 1 heterocycles. The predicted molar refractivity (Wildman–Crippen MR) is 103 cm³/mol. The Morgan fingerprint density at radius 2 is 1.77 bits per heavy atom. The second kappa shape index (κ2) is 9.03. The minimum absolute atomic E-state index is 0.0603. The highest BCUT2D eigenvalue weighted by atomic mass is 19.1. The highest BCUT2D eigenvalue weighted by molar-refractivity contribution is 6.01. The predicted octanol–water partition coefficient (Wildman–Crippen LogP) is 3.21. The molecule has 0 unspecified atom stereocenters. The number of benzene rings is 2. The third-order valence-corrected chi connectivity index (χ3v) is 3.95. The monoisotopic (exact) mass is 415 g/mol. The minimum atomic E-state index is -0.743. The number of nitrogens with one attached hydrogen (secondary N) is 1. The lowest BCUT2D eigenvalue weighted by Crippen LogP contribution is -2.14.